The number of thiazole rings is 1. The van der Waals surface area contributed by atoms with E-state index in [1.165, 1.54) is 0 Å². The van der Waals surface area contributed by atoms with Crippen LogP contribution in [-0.4, -0.2) is 16.5 Å². The molecule has 0 unspecified atom stereocenters. The maximum atomic E-state index is 6.26. The van der Waals surface area contributed by atoms with Crippen LogP contribution in [0, 0.1) is 0 Å². The topological polar surface area (TPSA) is 37.8 Å². The molecule has 1 aromatic carbocycles. The molecule has 0 radical (unpaired) electrons. The van der Waals surface area contributed by atoms with Crippen molar-refractivity contribution in [3.05, 3.63) is 69.5 Å². The molecule has 3 nitrogen and oxygen atoms in total. The highest BCUT2D eigenvalue weighted by atomic mass is 35.5. The lowest BCUT2D eigenvalue weighted by atomic mass is 10.2. The van der Waals surface area contributed by atoms with Gasteiger partial charge in [0.1, 0.15) is 5.01 Å². The first-order valence-corrected chi connectivity index (χ1v) is 8.81. The van der Waals surface area contributed by atoms with E-state index in [9.17, 15) is 0 Å². The second-order valence-corrected chi connectivity index (χ2v) is 6.87. The number of nitrogens with one attached hydrogen (secondary N) is 1. The molecule has 118 valence electrons. The fraction of sp³-hybridized carbons (Fsp3) is 0.176. The molecule has 0 spiro atoms. The van der Waals surface area contributed by atoms with Crippen molar-refractivity contribution < 1.29 is 0 Å². The van der Waals surface area contributed by atoms with Gasteiger partial charge in [-0.25, -0.2) is 4.98 Å². The Morgan fingerprint density at radius 3 is 2.78 bits per heavy atom. The van der Waals surface area contributed by atoms with Gasteiger partial charge in [0.15, 0.2) is 0 Å². The highest BCUT2D eigenvalue weighted by Gasteiger charge is 2.10. The third-order valence-corrected chi connectivity index (χ3v) is 5.18. The zero-order chi connectivity index (χ0) is 16.1. The van der Waals surface area contributed by atoms with Gasteiger partial charge in [-0.15, -0.1) is 11.3 Å². The summed E-state index contributed by atoms with van der Waals surface area (Å²) in [5.41, 5.74) is 2.02. The predicted octanol–water partition coefficient (Wildman–Crippen LogP) is 4.84. The first-order valence-electron chi connectivity index (χ1n) is 7.24. The second kappa shape index (κ2) is 7.88. The van der Waals surface area contributed by atoms with Gasteiger partial charge in [-0.05, 0) is 18.2 Å². The van der Waals surface area contributed by atoms with Crippen molar-refractivity contribution in [1.29, 1.82) is 0 Å². The van der Waals surface area contributed by atoms with Gasteiger partial charge in [0.2, 0.25) is 0 Å². The number of pyridine rings is 1. The third kappa shape index (κ3) is 4.30. The van der Waals surface area contributed by atoms with E-state index in [-0.39, 0.29) is 0 Å². The van der Waals surface area contributed by atoms with Crippen LogP contribution in [-0.2, 0) is 13.0 Å². The molecule has 1 N–H and O–H groups in total. The minimum absolute atomic E-state index is 0.563. The van der Waals surface area contributed by atoms with Crippen LogP contribution in [0.2, 0.25) is 10.0 Å². The lowest BCUT2D eigenvalue weighted by molar-refractivity contribution is 0.677. The van der Waals surface area contributed by atoms with Gasteiger partial charge in [-0.2, -0.15) is 0 Å². The fourth-order valence-corrected chi connectivity index (χ4v) is 3.55. The second-order valence-electron chi connectivity index (χ2n) is 4.97. The summed E-state index contributed by atoms with van der Waals surface area (Å²) in [6.07, 6.45) is 4.56. The number of nitrogens with zero attached hydrogens (tertiary/aromatic N) is 2. The van der Waals surface area contributed by atoms with Crippen LogP contribution in [0.5, 0.6) is 0 Å². The molecule has 0 saturated heterocycles. The Labute approximate surface area is 149 Å². The Morgan fingerprint density at radius 1 is 1.04 bits per heavy atom. The first kappa shape index (κ1) is 16.4. The molecule has 3 rings (SSSR count). The Balaban J connectivity index is 1.56. The van der Waals surface area contributed by atoms with Gasteiger partial charge in [0.05, 0.1) is 14.9 Å². The van der Waals surface area contributed by atoms with Gasteiger partial charge in [0, 0.05) is 43.2 Å². The van der Waals surface area contributed by atoms with Crippen molar-refractivity contribution >= 4 is 34.5 Å². The van der Waals surface area contributed by atoms with E-state index in [1.807, 2.05) is 42.7 Å². The summed E-state index contributed by atoms with van der Waals surface area (Å²) < 4.78 is 0. The van der Waals surface area contributed by atoms with Gasteiger partial charge in [0.25, 0.3) is 0 Å². The largest absolute Gasteiger partial charge is 0.310 e. The molecule has 2 aromatic heterocycles. The van der Waals surface area contributed by atoms with Crippen LogP contribution in [0.3, 0.4) is 0 Å². The van der Waals surface area contributed by atoms with Crippen molar-refractivity contribution in [3.8, 4) is 10.4 Å². The van der Waals surface area contributed by atoms with Gasteiger partial charge < -0.3 is 5.32 Å². The quantitative estimate of drug-likeness (QED) is 0.636. The zero-order valence-corrected chi connectivity index (χ0v) is 14.6. The molecule has 0 saturated carbocycles. The average molecular weight is 364 g/mol. The molecule has 6 heteroatoms. The van der Waals surface area contributed by atoms with Crippen LogP contribution in [0.1, 0.15) is 10.7 Å². The Bertz CT molecular complexity index is 775. The van der Waals surface area contributed by atoms with Crippen LogP contribution < -0.4 is 5.32 Å². The number of benzene rings is 1. The lowest BCUT2D eigenvalue weighted by Gasteiger charge is -2.03. The van der Waals surface area contributed by atoms with Crippen LogP contribution >= 0.6 is 34.5 Å². The Kier molecular flexibility index (Phi) is 5.62. The lowest BCUT2D eigenvalue weighted by Crippen LogP contribution is -2.16. The van der Waals surface area contributed by atoms with Crippen LogP contribution in [0.15, 0.2) is 48.8 Å². The fourth-order valence-electron chi connectivity index (χ4n) is 2.17. The SMILES string of the molecule is Clc1cccc(-c2cnc(CNCCc3ccccn3)s2)c1Cl. The normalized spacial score (nSPS) is 10.9. The summed E-state index contributed by atoms with van der Waals surface area (Å²) in [4.78, 5) is 9.78. The summed E-state index contributed by atoms with van der Waals surface area (Å²) >= 11 is 13.9. The van der Waals surface area contributed by atoms with Crippen molar-refractivity contribution in [1.82, 2.24) is 15.3 Å². The van der Waals surface area contributed by atoms with E-state index in [0.717, 1.165) is 40.7 Å². The molecule has 0 aliphatic heterocycles. The molecular weight excluding hydrogens is 349 g/mol. The van der Waals surface area contributed by atoms with Crippen LogP contribution in [0.4, 0.5) is 0 Å². The molecule has 2 heterocycles. The maximum absolute atomic E-state index is 6.26. The highest BCUT2D eigenvalue weighted by molar-refractivity contribution is 7.15. The summed E-state index contributed by atoms with van der Waals surface area (Å²) in [5.74, 6) is 0. The monoisotopic (exact) mass is 363 g/mol. The van der Waals surface area contributed by atoms with E-state index < -0.39 is 0 Å². The number of hydrogen-bond donors (Lipinski definition) is 1. The summed E-state index contributed by atoms with van der Waals surface area (Å²) in [5, 5.41) is 5.55. The molecular formula is C17H15Cl2N3S. The van der Waals surface area contributed by atoms with Gasteiger partial charge >= 0.3 is 0 Å². The number of rotatable bonds is 6. The summed E-state index contributed by atoms with van der Waals surface area (Å²) in [6, 6.07) is 11.6. The smallest absolute Gasteiger partial charge is 0.107 e. The minimum atomic E-state index is 0.563. The van der Waals surface area contributed by atoms with Crippen molar-refractivity contribution in [2.45, 2.75) is 13.0 Å². The Morgan fingerprint density at radius 2 is 1.96 bits per heavy atom. The van der Waals surface area contributed by atoms with E-state index in [4.69, 9.17) is 23.2 Å². The first-order chi connectivity index (χ1) is 11.2. The molecule has 0 atom stereocenters. The molecule has 0 aliphatic carbocycles. The Hall–Kier alpha value is -1.46. The molecule has 0 fully saturated rings. The number of hydrogen-bond acceptors (Lipinski definition) is 4. The van der Waals surface area contributed by atoms with Crippen molar-refractivity contribution in [2.24, 2.45) is 0 Å². The van der Waals surface area contributed by atoms with Gasteiger partial charge in [-0.1, -0.05) is 41.4 Å². The molecule has 0 amide bonds. The standard InChI is InChI=1S/C17H15Cl2N3S/c18-14-6-3-5-13(17(14)19)15-10-22-16(23-15)11-20-9-7-12-4-1-2-8-21-12/h1-6,8,10,20H,7,9,11H2. The van der Waals surface area contributed by atoms with E-state index >= 15 is 0 Å². The molecule has 0 aliphatic rings. The van der Waals surface area contributed by atoms with E-state index in [0.29, 0.717) is 10.0 Å². The average Bonchev–Trinajstić information content (AvgIpc) is 3.04. The minimum Gasteiger partial charge on any atom is -0.310 e. The highest BCUT2D eigenvalue weighted by Crippen LogP contribution is 2.36. The van der Waals surface area contributed by atoms with Crippen molar-refractivity contribution in [2.75, 3.05) is 6.54 Å². The molecule has 3 aromatic rings. The number of halogens is 2. The molecule has 23 heavy (non-hydrogen) atoms. The molecule has 0 bridgehead atoms. The van der Waals surface area contributed by atoms with Crippen LogP contribution in [0.25, 0.3) is 10.4 Å². The zero-order valence-electron chi connectivity index (χ0n) is 12.3. The maximum Gasteiger partial charge on any atom is 0.107 e. The van der Waals surface area contributed by atoms with E-state index in [1.54, 1.807) is 17.4 Å². The van der Waals surface area contributed by atoms with E-state index in [2.05, 4.69) is 15.3 Å². The van der Waals surface area contributed by atoms with Gasteiger partial charge in [-0.3, -0.25) is 4.98 Å². The summed E-state index contributed by atoms with van der Waals surface area (Å²) in [7, 11) is 0. The predicted molar refractivity (Wildman–Crippen MR) is 97.2 cm³/mol. The van der Waals surface area contributed by atoms with Crippen molar-refractivity contribution in [3.63, 3.8) is 0 Å². The number of aromatic nitrogens is 2. The third-order valence-electron chi connectivity index (χ3n) is 3.33. The summed E-state index contributed by atoms with van der Waals surface area (Å²) in [6.45, 7) is 1.60.